The van der Waals surface area contributed by atoms with Crippen molar-refractivity contribution in [3.05, 3.63) is 23.8 Å². The first-order valence-electron chi connectivity index (χ1n) is 7.20. The van der Waals surface area contributed by atoms with Crippen molar-refractivity contribution in [2.45, 2.75) is 44.6 Å². The van der Waals surface area contributed by atoms with Gasteiger partial charge in [-0.25, -0.2) is 4.79 Å². The van der Waals surface area contributed by atoms with Crippen LogP contribution in [-0.4, -0.2) is 30.1 Å². The van der Waals surface area contributed by atoms with Gasteiger partial charge in [0.25, 0.3) is 0 Å². The molecule has 5 nitrogen and oxygen atoms in total. The van der Waals surface area contributed by atoms with Gasteiger partial charge in [-0.05, 0) is 37.8 Å². The number of carbonyl (C=O) groups is 2. The molecule has 5 heteroatoms. The summed E-state index contributed by atoms with van der Waals surface area (Å²) in [5.74, 6) is 0.0773. The van der Waals surface area contributed by atoms with E-state index in [4.69, 9.17) is 9.47 Å². The summed E-state index contributed by atoms with van der Waals surface area (Å²) in [5, 5.41) is 9.83. The molecule has 1 fully saturated rings. The van der Waals surface area contributed by atoms with Crippen LogP contribution in [0.3, 0.4) is 0 Å². The highest BCUT2D eigenvalue weighted by atomic mass is 16.5. The van der Waals surface area contributed by atoms with Crippen LogP contribution in [-0.2, 0) is 9.53 Å². The van der Waals surface area contributed by atoms with E-state index >= 15 is 0 Å². The lowest BCUT2D eigenvalue weighted by molar-refractivity contribution is -0.119. The molecule has 0 heterocycles. The predicted octanol–water partition coefficient (Wildman–Crippen LogP) is 2.85. The van der Waals surface area contributed by atoms with Gasteiger partial charge in [-0.2, -0.15) is 0 Å². The summed E-state index contributed by atoms with van der Waals surface area (Å²) in [6, 6.07) is 4.48. The fourth-order valence-corrected chi connectivity index (χ4v) is 2.47. The van der Waals surface area contributed by atoms with E-state index in [0.717, 1.165) is 12.8 Å². The molecule has 1 aliphatic rings. The molecular formula is C16H20O5. The zero-order chi connectivity index (χ0) is 15.2. The molecular weight excluding hydrogens is 272 g/mol. The summed E-state index contributed by atoms with van der Waals surface area (Å²) in [6.45, 7) is 0. The number of benzene rings is 1. The van der Waals surface area contributed by atoms with Crippen molar-refractivity contribution in [2.24, 2.45) is 0 Å². The van der Waals surface area contributed by atoms with Crippen LogP contribution < -0.4 is 4.74 Å². The number of rotatable bonds is 3. The average Bonchev–Trinajstić information content (AvgIpc) is 2.44. The number of hydrogen-bond donors (Lipinski definition) is 1. The first kappa shape index (κ1) is 15.4. The quantitative estimate of drug-likeness (QED) is 0.867. The van der Waals surface area contributed by atoms with Crippen molar-refractivity contribution in [3.63, 3.8) is 0 Å². The van der Waals surface area contributed by atoms with Crippen LogP contribution in [0.4, 0.5) is 0 Å². The molecule has 0 aromatic heterocycles. The number of carbonyl (C=O) groups excluding carboxylic acids is 2. The highest BCUT2D eigenvalue weighted by Crippen LogP contribution is 2.26. The third kappa shape index (κ3) is 4.21. The van der Waals surface area contributed by atoms with Crippen LogP contribution in [0, 0.1) is 0 Å². The molecule has 0 atom stereocenters. The van der Waals surface area contributed by atoms with Crippen LogP contribution in [0.2, 0.25) is 0 Å². The van der Waals surface area contributed by atoms with Gasteiger partial charge < -0.3 is 14.6 Å². The maximum absolute atomic E-state index is 12.1. The maximum Gasteiger partial charge on any atom is 0.342 e. The van der Waals surface area contributed by atoms with E-state index < -0.39 is 5.97 Å². The van der Waals surface area contributed by atoms with E-state index in [1.165, 1.54) is 19.2 Å². The molecule has 0 amide bonds. The Morgan fingerprint density at radius 1 is 1.24 bits per heavy atom. The minimum atomic E-state index is -0.535. The van der Waals surface area contributed by atoms with Gasteiger partial charge in [0, 0.05) is 18.9 Å². The second-order valence-electron chi connectivity index (χ2n) is 5.23. The molecule has 1 aromatic rings. The molecule has 21 heavy (non-hydrogen) atoms. The predicted molar refractivity (Wildman–Crippen MR) is 76.6 cm³/mol. The molecule has 2 rings (SSSR count). The van der Waals surface area contributed by atoms with Crippen molar-refractivity contribution in [1.82, 2.24) is 0 Å². The van der Waals surface area contributed by atoms with E-state index in [1.807, 2.05) is 0 Å². The zero-order valence-electron chi connectivity index (χ0n) is 12.1. The Morgan fingerprint density at radius 2 is 1.90 bits per heavy atom. The Balaban J connectivity index is 1.98. The van der Waals surface area contributed by atoms with E-state index in [2.05, 4.69) is 0 Å². The van der Waals surface area contributed by atoms with Gasteiger partial charge in [0.05, 0.1) is 7.11 Å². The first-order valence-corrected chi connectivity index (χ1v) is 7.20. The Bertz CT molecular complexity index is 511. The topological polar surface area (TPSA) is 72.8 Å². The molecule has 0 unspecified atom stereocenters. The number of ketones is 1. The molecule has 1 saturated carbocycles. The van der Waals surface area contributed by atoms with E-state index in [0.29, 0.717) is 31.4 Å². The Hall–Kier alpha value is -2.04. The Kier molecular flexibility index (Phi) is 5.20. The number of hydrogen-bond acceptors (Lipinski definition) is 5. The molecule has 114 valence electrons. The molecule has 0 radical (unpaired) electrons. The van der Waals surface area contributed by atoms with Gasteiger partial charge in [-0.15, -0.1) is 0 Å². The van der Waals surface area contributed by atoms with Crippen molar-refractivity contribution in [2.75, 3.05) is 7.11 Å². The van der Waals surface area contributed by atoms with E-state index in [1.54, 1.807) is 6.07 Å². The summed E-state index contributed by atoms with van der Waals surface area (Å²) in [4.78, 5) is 23.4. The Labute approximate surface area is 123 Å². The lowest BCUT2D eigenvalue weighted by atomic mass is 9.97. The minimum absolute atomic E-state index is 0.133. The van der Waals surface area contributed by atoms with Gasteiger partial charge in [0.2, 0.25) is 0 Å². The summed E-state index contributed by atoms with van der Waals surface area (Å²) in [5.41, 5.74) is 0.133. The molecule has 0 bridgehead atoms. The minimum Gasteiger partial charge on any atom is -0.507 e. The number of methoxy groups -OCH3 is 1. The van der Waals surface area contributed by atoms with Gasteiger partial charge in [-0.3, -0.25) is 4.79 Å². The normalized spacial score (nSPS) is 16.9. The number of esters is 1. The number of aromatic hydroxyl groups is 1. The SMILES string of the molecule is COc1ccc(C(=O)OC2CCCC(=O)CCC2)c(O)c1. The van der Waals surface area contributed by atoms with Crippen LogP contribution in [0.5, 0.6) is 11.5 Å². The lowest BCUT2D eigenvalue weighted by Crippen LogP contribution is -2.21. The fourth-order valence-electron chi connectivity index (χ4n) is 2.47. The highest BCUT2D eigenvalue weighted by Gasteiger charge is 2.21. The number of ether oxygens (including phenoxy) is 2. The van der Waals surface area contributed by atoms with Crippen molar-refractivity contribution in [1.29, 1.82) is 0 Å². The molecule has 1 N–H and O–H groups in total. The van der Waals surface area contributed by atoms with Gasteiger partial charge in [0.1, 0.15) is 28.9 Å². The molecule has 0 spiro atoms. The monoisotopic (exact) mass is 292 g/mol. The summed E-state index contributed by atoms with van der Waals surface area (Å²) in [6.07, 6.45) is 3.79. The van der Waals surface area contributed by atoms with E-state index in [-0.39, 0.29) is 23.2 Å². The molecule has 0 saturated heterocycles. The Morgan fingerprint density at radius 3 is 2.48 bits per heavy atom. The molecule has 0 aliphatic heterocycles. The van der Waals surface area contributed by atoms with Crippen molar-refractivity contribution in [3.8, 4) is 11.5 Å². The van der Waals surface area contributed by atoms with Gasteiger partial charge >= 0.3 is 5.97 Å². The highest BCUT2D eigenvalue weighted by molar-refractivity contribution is 5.92. The standard InChI is InChI=1S/C16H20O5/c1-20-13-8-9-14(15(18)10-13)16(19)21-12-6-2-4-11(17)5-3-7-12/h8-10,12,18H,2-7H2,1H3. The molecule has 1 aliphatic carbocycles. The summed E-state index contributed by atoms with van der Waals surface area (Å²) >= 11 is 0. The van der Waals surface area contributed by atoms with Crippen molar-refractivity contribution >= 4 is 11.8 Å². The van der Waals surface area contributed by atoms with Gasteiger partial charge in [0.15, 0.2) is 0 Å². The van der Waals surface area contributed by atoms with Crippen LogP contribution in [0.1, 0.15) is 48.9 Å². The average molecular weight is 292 g/mol. The third-order valence-corrected chi connectivity index (χ3v) is 3.66. The fraction of sp³-hybridized carbons (Fsp3) is 0.500. The second-order valence-corrected chi connectivity index (χ2v) is 5.23. The summed E-state index contributed by atoms with van der Waals surface area (Å²) < 4.78 is 10.4. The maximum atomic E-state index is 12.1. The van der Waals surface area contributed by atoms with Crippen LogP contribution >= 0.6 is 0 Å². The third-order valence-electron chi connectivity index (χ3n) is 3.66. The lowest BCUT2D eigenvalue weighted by Gasteiger charge is -2.20. The van der Waals surface area contributed by atoms with E-state index in [9.17, 15) is 14.7 Å². The first-order chi connectivity index (χ1) is 10.1. The van der Waals surface area contributed by atoms with Gasteiger partial charge in [-0.1, -0.05) is 0 Å². The van der Waals surface area contributed by atoms with Crippen molar-refractivity contribution < 1.29 is 24.2 Å². The van der Waals surface area contributed by atoms with Crippen LogP contribution in [0.15, 0.2) is 18.2 Å². The second kappa shape index (κ2) is 7.11. The summed E-state index contributed by atoms with van der Waals surface area (Å²) in [7, 11) is 1.49. The van der Waals surface area contributed by atoms with Crippen LogP contribution in [0.25, 0.3) is 0 Å². The smallest absolute Gasteiger partial charge is 0.342 e. The largest absolute Gasteiger partial charge is 0.507 e. The number of phenolic OH excluding ortho intramolecular Hbond substituents is 1. The zero-order valence-corrected chi connectivity index (χ0v) is 12.1. The number of phenols is 1. The number of Topliss-reactive ketones (excluding diaryl/α,β-unsaturated/α-hetero) is 1. The molecule has 1 aromatic carbocycles.